The van der Waals surface area contributed by atoms with Crippen LogP contribution in [0.25, 0.3) is 0 Å². The topological polar surface area (TPSA) is 80.0 Å². The number of carbonyl (C=O) groups is 1. The number of hydrogen-bond acceptors (Lipinski definition) is 4. The van der Waals surface area contributed by atoms with Crippen LogP contribution in [0.5, 0.6) is 0 Å². The van der Waals surface area contributed by atoms with Gasteiger partial charge in [-0.1, -0.05) is 12.8 Å². The predicted molar refractivity (Wildman–Crippen MR) is 75.2 cm³/mol. The van der Waals surface area contributed by atoms with Crippen molar-refractivity contribution < 1.29 is 9.90 Å². The van der Waals surface area contributed by atoms with Crippen LogP contribution in [0.3, 0.4) is 0 Å². The van der Waals surface area contributed by atoms with Gasteiger partial charge < -0.3 is 15.0 Å². The standard InChI is InChI=1S/C14H24N4O2/c1-11(2)18-10-16-17-12(18)5-8-15-13(19)9-14(20)6-3-4-7-14/h10-11,20H,3-9H2,1-2H3,(H,15,19). The van der Waals surface area contributed by atoms with Crippen LogP contribution in [0.15, 0.2) is 6.33 Å². The summed E-state index contributed by atoms with van der Waals surface area (Å²) in [6.45, 7) is 4.67. The third kappa shape index (κ3) is 3.79. The molecule has 1 amide bonds. The van der Waals surface area contributed by atoms with Crippen molar-refractivity contribution in [1.29, 1.82) is 0 Å². The lowest BCUT2D eigenvalue weighted by Gasteiger charge is -2.21. The highest BCUT2D eigenvalue weighted by atomic mass is 16.3. The summed E-state index contributed by atoms with van der Waals surface area (Å²) in [6.07, 6.45) is 6.09. The van der Waals surface area contributed by atoms with Gasteiger partial charge in [0.05, 0.1) is 12.0 Å². The molecule has 1 aliphatic rings. The monoisotopic (exact) mass is 280 g/mol. The number of hydrogen-bond donors (Lipinski definition) is 2. The van der Waals surface area contributed by atoms with Gasteiger partial charge in [-0.05, 0) is 26.7 Å². The van der Waals surface area contributed by atoms with Gasteiger partial charge in [0.25, 0.3) is 0 Å². The normalized spacial score (nSPS) is 17.6. The van der Waals surface area contributed by atoms with Gasteiger partial charge >= 0.3 is 0 Å². The molecular formula is C14H24N4O2. The van der Waals surface area contributed by atoms with Crippen molar-refractivity contribution in [3.63, 3.8) is 0 Å². The molecule has 1 fully saturated rings. The van der Waals surface area contributed by atoms with E-state index in [0.717, 1.165) is 31.5 Å². The summed E-state index contributed by atoms with van der Waals surface area (Å²) in [5.74, 6) is 0.796. The van der Waals surface area contributed by atoms with E-state index in [1.54, 1.807) is 6.33 Å². The Morgan fingerprint density at radius 3 is 2.85 bits per heavy atom. The molecule has 1 aliphatic carbocycles. The zero-order valence-corrected chi connectivity index (χ0v) is 12.3. The maximum absolute atomic E-state index is 11.8. The van der Waals surface area contributed by atoms with Crippen LogP contribution < -0.4 is 5.32 Å². The van der Waals surface area contributed by atoms with Gasteiger partial charge in [0, 0.05) is 19.0 Å². The Hall–Kier alpha value is -1.43. The van der Waals surface area contributed by atoms with E-state index in [2.05, 4.69) is 29.4 Å². The molecule has 1 heterocycles. The fraction of sp³-hybridized carbons (Fsp3) is 0.786. The maximum Gasteiger partial charge on any atom is 0.222 e. The smallest absolute Gasteiger partial charge is 0.222 e. The molecule has 2 rings (SSSR count). The first kappa shape index (κ1) is 15.0. The second kappa shape index (κ2) is 6.35. The molecule has 6 nitrogen and oxygen atoms in total. The second-order valence-corrected chi connectivity index (χ2v) is 5.96. The minimum atomic E-state index is -0.776. The first-order chi connectivity index (χ1) is 9.50. The third-order valence-corrected chi connectivity index (χ3v) is 3.90. The lowest BCUT2D eigenvalue weighted by molar-refractivity contribution is -0.125. The van der Waals surface area contributed by atoms with Gasteiger partial charge in [-0.15, -0.1) is 10.2 Å². The van der Waals surface area contributed by atoms with Gasteiger partial charge in [0.1, 0.15) is 12.2 Å². The zero-order valence-electron chi connectivity index (χ0n) is 12.3. The lowest BCUT2D eigenvalue weighted by Crippen LogP contribution is -2.35. The SMILES string of the molecule is CC(C)n1cnnc1CCNC(=O)CC1(O)CCCC1. The Morgan fingerprint density at radius 2 is 2.20 bits per heavy atom. The molecule has 0 bridgehead atoms. The van der Waals surface area contributed by atoms with E-state index in [0.29, 0.717) is 19.0 Å². The Balaban J connectivity index is 1.75. The molecule has 1 aromatic rings. The predicted octanol–water partition coefficient (Wildman–Crippen LogP) is 1.21. The molecule has 0 saturated heterocycles. The van der Waals surface area contributed by atoms with E-state index in [4.69, 9.17) is 0 Å². The van der Waals surface area contributed by atoms with Crippen LogP contribution in [0.1, 0.15) is 57.8 Å². The van der Waals surface area contributed by atoms with Crippen LogP contribution in [-0.4, -0.2) is 37.9 Å². The molecule has 20 heavy (non-hydrogen) atoms. The molecule has 6 heteroatoms. The molecule has 0 spiro atoms. The largest absolute Gasteiger partial charge is 0.389 e. The highest BCUT2D eigenvalue weighted by Crippen LogP contribution is 2.32. The van der Waals surface area contributed by atoms with Crippen molar-refractivity contribution in [3.05, 3.63) is 12.2 Å². The first-order valence-corrected chi connectivity index (χ1v) is 7.38. The maximum atomic E-state index is 11.8. The van der Waals surface area contributed by atoms with Gasteiger partial charge in [0.2, 0.25) is 5.91 Å². The van der Waals surface area contributed by atoms with Crippen molar-refractivity contribution in [2.24, 2.45) is 0 Å². The summed E-state index contributed by atoms with van der Waals surface area (Å²) >= 11 is 0. The number of rotatable bonds is 6. The molecule has 0 unspecified atom stereocenters. The number of carbonyl (C=O) groups excluding carboxylic acids is 1. The summed E-state index contributed by atoms with van der Waals surface area (Å²) in [6, 6.07) is 0.315. The lowest BCUT2D eigenvalue weighted by atomic mass is 9.98. The van der Waals surface area contributed by atoms with Gasteiger partial charge in [-0.3, -0.25) is 4.79 Å². The van der Waals surface area contributed by atoms with E-state index in [9.17, 15) is 9.90 Å². The number of aliphatic hydroxyl groups is 1. The highest BCUT2D eigenvalue weighted by Gasteiger charge is 2.33. The van der Waals surface area contributed by atoms with Crippen molar-refractivity contribution in [2.45, 2.75) is 64.0 Å². The summed E-state index contributed by atoms with van der Waals surface area (Å²) in [5, 5.41) is 21.0. The zero-order chi connectivity index (χ0) is 14.6. The Labute approximate surface area is 119 Å². The Morgan fingerprint density at radius 1 is 1.50 bits per heavy atom. The average Bonchev–Trinajstić information content (AvgIpc) is 2.98. The van der Waals surface area contributed by atoms with Crippen molar-refractivity contribution in [1.82, 2.24) is 20.1 Å². The second-order valence-electron chi connectivity index (χ2n) is 5.96. The minimum absolute atomic E-state index is 0.0787. The quantitative estimate of drug-likeness (QED) is 0.821. The van der Waals surface area contributed by atoms with Crippen molar-refractivity contribution >= 4 is 5.91 Å². The number of amides is 1. The summed E-state index contributed by atoms with van der Waals surface area (Å²) in [7, 11) is 0. The molecule has 112 valence electrons. The van der Waals surface area contributed by atoms with Crippen molar-refractivity contribution in [3.8, 4) is 0 Å². The number of aromatic nitrogens is 3. The third-order valence-electron chi connectivity index (χ3n) is 3.90. The van der Waals surface area contributed by atoms with Gasteiger partial charge in [-0.25, -0.2) is 0 Å². The van der Waals surface area contributed by atoms with E-state index in [1.807, 2.05) is 4.57 Å². The van der Waals surface area contributed by atoms with E-state index in [-0.39, 0.29) is 12.3 Å². The summed E-state index contributed by atoms with van der Waals surface area (Å²) < 4.78 is 2.00. The molecule has 1 saturated carbocycles. The first-order valence-electron chi connectivity index (χ1n) is 7.38. The molecule has 0 atom stereocenters. The molecule has 0 aliphatic heterocycles. The molecule has 0 aromatic carbocycles. The summed E-state index contributed by atoms with van der Waals surface area (Å²) in [4.78, 5) is 11.8. The van der Waals surface area contributed by atoms with E-state index in [1.165, 1.54) is 0 Å². The fourth-order valence-electron chi connectivity index (χ4n) is 2.76. The molecule has 0 radical (unpaired) electrons. The van der Waals surface area contributed by atoms with Gasteiger partial charge in [0.15, 0.2) is 0 Å². The highest BCUT2D eigenvalue weighted by molar-refractivity contribution is 5.77. The molecule has 1 aromatic heterocycles. The number of nitrogens with zero attached hydrogens (tertiary/aromatic N) is 3. The van der Waals surface area contributed by atoms with Crippen molar-refractivity contribution in [2.75, 3.05) is 6.54 Å². The Kier molecular flexibility index (Phi) is 4.75. The average molecular weight is 280 g/mol. The number of nitrogens with one attached hydrogen (secondary N) is 1. The summed E-state index contributed by atoms with van der Waals surface area (Å²) in [5.41, 5.74) is -0.776. The van der Waals surface area contributed by atoms with E-state index < -0.39 is 5.60 Å². The molecule has 2 N–H and O–H groups in total. The van der Waals surface area contributed by atoms with Crippen LogP contribution in [-0.2, 0) is 11.2 Å². The van der Waals surface area contributed by atoms with Crippen LogP contribution in [0.2, 0.25) is 0 Å². The fourth-order valence-corrected chi connectivity index (χ4v) is 2.76. The molecular weight excluding hydrogens is 256 g/mol. The van der Waals surface area contributed by atoms with E-state index >= 15 is 0 Å². The Bertz CT molecular complexity index is 450. The van der Waals surface area contributed by atoms with Crippen LogP contribution in [0.4, 0.5) is 0 Å². The minimum Gasteiger partial charge on any atom is -0.389 e. The van der Waals surface area contributed by atoms with Crippen LogP contribution >= 0.6 is 0 Å². The van der Waals surface area contributed by atoms with Crippen LogP contribution in [0, 0.1) is 0 Å². The van der Waals surface area contributed by atoms with Gasteiger partial charge in [-0.2, -0.15) is 0 Å².